The minimum Gasteiger partial charge on any atom is -0.493 e. The number of rotatable bonds is 7. The minimum atomic E-state index is 0.353. The normalized spacial score (nSPS) is 12.0. The number of nitrogens with one attached hydrogen (secondary N) is 1. The van der Waals surface area contributed by atoms with Crippen molar-refractivity contribution in [1.82, 2.24) is 5.32 Å². The maximum Gasteiger partial charge on any atom is 0.160 e. The average Bonchev–Trinajstić information content (AvgIpc) is 2.55. The highest BCUT2D eigenvalue weighted by atomic mass is 16.5. The van der Waals surface area contributed by atoms with E-state index in [1.54, 1.807) is 14.2 Å². The first kappa shape index (κ1) is 15.4. The number of methoxy groups -OCH3 is 2. The maximum absolute atomic E-state index is 5.33. The molecule has 21 heavy (non-hydrogen) atoms. The molecule has 3 heteroatoms. The minimum absolute atomic E-state index is 0.353. The van der Waals surface area contributed by atoms with E-state index in [-0.39, 0.29) is 0 Å². The molecule has 0 spiro atoms. The van der Waals surface area contributed by atoms with Gasteiger partial charge in [0, 0.05) is 6.04 Å². The van der Waals surface area contributed by atoms with Crippen LogP contribution in [0, 0.1) is 0 Å². The lowest BCUT2D eigenvalue weighted by atomic mass is 10.1. The van der Waals surface area contributed by atoms with Crippen LogP contribution in [0.25, 0.3) is 0 Å². The molecular formula is C18H23NO2. The number of hydrogen-bond acceptors (Lipinski definition) is 3. The third kappa shape index (κ3) is 4.23. The van der Waals surface area contributed by atoms with Crippen LogP contribution in [0.5, 0.6) is 11.5 Å². The first-order chi connectivity index (χ1) is 10.2. The van der Waals surface area contributed by atoms with Crippen molar-refractivity contribution in [2.75, 3.05) is 20.8 Å². The Labute approximate surface area is 126 Å². The number of hydrogen-bond donors (Lipinski definition) is 1. The lowest BCUT2D eigenvalue weighted by molar-refractivity contribution is 0.354. The molecule has 2 rings (SSSR count). The van der Waals surface area contributed by atoms with Crippen LogP contribution >= 0.6 is 0 Å². The van der Waals surface area contributed by atoms with Crippen molar-refractivity contribution >= 4 is 0 Å². The summed E-state index contributed by atoms with van der Waals surface area (Å²) in [5.41, 5.74) is 2.55. The molecule has 0 fully saturated rings. The van der Waals surface area contributed by atoms with Crippen molar-refractivity contribution in [1.29, 1.82) is 0 Å². The summed E-state index contributed by atoms with van der Waals surface area (Å²) in [7, 11) is 3.32. The van der Waals surface area contributed by atoms with E-state index in [1.165, 1.54) is 11.1 Å². The van der Waals surface area contributed by atoms with Crippen LogP contribution in [0.15, 0.2) is 48.5 Å². The fourth-order valence-corrected chi connectivity index (χ4v) is 2.33. The molecule has 0 saturated carbocycles. The molecule has 1 N–H and O–H groups in total. The second-order valence-electron chi connectivity index (χ2n) is 5.03. The Morgan fingerprint density at radius 3 is 2.33 bits per heavy atom. The fourth-order valence-electron chi connectivity index (χ4n) is 2.33. The summed E-state index contributed by atoms with van der Waals surface area (Å²) < 4.78 is 10.6. The molecule has 2 aromatic rings. The van der Waals surface area contributed by atoms with Crippen molar-refractivity contribution in [2.45, 2.75) is 19.4 Å². The topological polar surface area (TPSA) is 30.5 Å². The molecule has 0 aliphatic heterocycles. The highest BCUT2D eigenvalue weighted by Gasteiger charge is 2.06. The molecule has 0 bridgehead atoms. The molecule has 1 unspecified atom stereocenters. The van der Waals surface area contributed by atoms with E-state index in [2.05, 4.69) is 42.6 Å². The first-order valence-electron chi connectivity index (χ1n) is 7.24. The van der Waals surface area contributed by atoms with E-state index in [4.69, 9.17) is 9.47 Å². The summed E-state index contributed by atoms with van der Waals surface area (Å²) >= 11 is 0. The summed E-state index contributed by atoms with van der Waals surface area (Å²) in [4.78, 5) is 0. The van der Waals surface area contributed by atoms with Crippen LogP contribution < -0.4 is 14.8 Å². The highest BCUT2D eigenvalue weighted by Crippen LogP contribution is 2.27. The fraction of sp³-hybridized carbons (Fsp3) is 0.333. The molecule has 0 aliphatic carbocycles. The lowest BCUT2D eigenvalue weighted by Gasteiger charge is -2.14. The zero-order chi connectivity index (χ0) is 15.1. The molecule has 0 aromatic heterocycles. The summed E-state index contributed by atoms with van der Waals surface area (Å²) in [6.07, 6.45) is 0.956. The molecule has 0 heterocycles. The predicted octanol–water partition coefficient (Wildman–Crippen LogP) is 3.60. The summed E-state index contributed by atoms with van der Waals surface area (Å²) in [5.74, 6) is 1.55. The smallest absolute Gasteiger partial charge is 0.160 e. The summed E-state index contributed by atoms with van der Waals surface area (Å²) in [5, 5.41) is 3.54. The van der Waals surface area contributed by atoms with Crippen molar-refractivity contribution in [3.8, 4) is 11.5 Å². The Morgan fingerprint density at radius 1 is 0.952 bits per heavy atom. The van der Waals surface area contributed by atoms with Crippen molar-refractivity contribution < 1.29 is 9.47 Å². The molecule has 0 saturated heterocycles. The molecule has 1 atom stereocenters. The van der Waals surface area contributed by atoms with Gasteiger partial charge in [0.2, 0.25) is 0 Å². The van der Waals surface area contributed by atoms with Crippen LogP contribution in [0.2, 0.25) is 0 Å². The zero-order valence-corrected chi connectivity index (χ0v) is 12.9. The average molecular weight is 285 g/mol. The van der Waals surface area contributed by atoms with Crippen LogP contribution in [-0.4, -0.2) is 20.8 Å². The Bertz CT molecular complexity index is 554. The van der Waals surface area contributed by atoms with Gasteiger partial charge in [-0.1, -0.05) is 36.4 Å². The lowest BCUT2D eigenvalue weighted by Crippen LogP contribution is -2.21. The van der Waals surface area contributed by atoms with Gasteiger partial charge in [0.25, 0.3) is 0 Å². The van der Waals surface area contributed by atoms with Gasteiger partial charge < -0.3 is 14.8 Å². The van der Waals surface area contributed by atoms with Crippen LogP contribution in [0.3, 0.4) is 0 Å². The van der Waals surface area contributed by atoms with E-state index in [0.717, 1.165) is 24.5 Å². The number of ether oxygens (including phenoxy) is 2. The monoisotopic (exact) mass is 285 g/mol. The third-order valence-corrected chi connectivity index (χ3v) is 3.61. The van der Waals surface area contributed by atoms with Gasteiger partial charge in [0.05, 0.1) is 14.2 Å². The van der Waals surface area contributed by atoms with Crippen LogP contribution in [0.4, 0.5) is 0 Å². The highest BCUT2D eigenvalue weighted by molar-refractivity contribution is 5.42. The van der Waals surface area contributed by atoms with E-state index in [1.807, 2.05) is 18.2 Å². The molecule has 2 aromatic carbocycles. The van der Waals surface area contributed by atoms with E-state index in [9.17, 15) is 0 Å². The standard InChI is InChI=1S/C18H23NO2/c1-14(16-7-5-4-6-8-16)19-12-11-15-9-10-17(20-2)18(13-15)21-3/h4-10,13-14,19H,11-12H2,1-3H3. The Kier molecular flexibility index (Phi) is 5.64. The van der Waals surface area contributed by atoms with Crippen molar-refractivity contribution in [3.05, 3.63) is 59.7 Å². The summed E-state index contributed by atoms with van der Waals surface area (Å²) in [6.45, 7) is 3.11. The Hall–Kier alpha value is -2.00. The first-order valence-corrected chi connectivity index (χ1v) is 7.24. The van der Waals surface area contributed by atoms with Gasteiger partial charge >= 0.3 is 0 Å². The molecule has 3 nitrogen and oxygen atoms in total. The SMILES string of the molecule is COc1ccc(CCNC(C)c2ccccc2)cc1OC. The van der Waals surface area contributed by atoms with Gasteiger partial charge in [0.1, 0.15) is 0 Å². The van der Waals surface area contributed by atoms with Gasteiger partial charge in [0.15, 0.2) is 11.5 Å². The predicted molar refractivity (Wildman–Crippen MR) is 86.1 cm³/mol. The molecular weight excluding hydrogens is 262 g/mol. The Morgan fingerprint density at radius 2 is 1.67 bits per heavy atom. The number of benzene rings is 2. The van der Waals surface area contributed by atoms with E-state index < -0.39 is 0 Å². The van der Waals surface area contributed by atoms with E-state index in [0.29, 0.717) is 6.04 Å². The second-order valence-corrected chi connectivity index (χ2v) is 5.03. The van der Waals surface area contributed by atoms with E-state index >= 15 is 0 Å². The van der Waals surface area contributed by atoms with Crippen molar-refractivity contribution in [3.63, 3.8) is 0 Å². The largest absolute Gasteiger partial charge is 0.493 e. The van der Waals surface area contributed by atoms with Gasteiger partial charge in [-0.25, -0.2) is 0 Å². The quantitative estimate of drug-likeness (QED) is 0.843. The molecule has 0 aliphatic rings. The molecule has 0 amide bonds. The van der Waals surface area contributed by atoms with Gasteiger partial charge in [-0.15, -0.1) is 0 Å². The Balaban J connectivity index is 1.89. The zero-order valence-electron chi connectivity index (χ0n) is 12.9. The molecule has 0 radical (unpaired) electrons. The summed E-state index contributed by atoms with van der Waals surface area (Å²) in [6, 6.07) is 16.9. The maximum atomic E-state index is 5.33. The van der Waals surface area contributed by atoms with Gasteiger partial charge in [-0.3, -0.25) is 0 Å². The van der Waals surface area contributed by atoms with Crippen molar-refractivity contribution in [2.24, 2.45) is 0 Å². The third-order valence-electron chi connectivity index (χ3n) is 3.61. The van der Waals surface area contributed by atoms with Gasteiger partial charge in [-0.05, 0) is 43.1 Å². The van der Waals surface area contributed by atoms with Gasteiger partial charge in [-0.2, -0.15) is 0 Å². The van der Waals surface area contributed by atoms with Crippen LogP contribution in [-0.2, 0) is 6.42 Å². The second kappa shape index (κ2) is 7.70. The molecule has 112 valence electrons. The van der Waals surface area contributed by atoms with Crippen LogP contribution in [0.1, 0.15) is 24.1 Å².